The lowest BCUT2D eigenvalue weighted by atomic mass is 9.92. The van der Waals surface area contributed by atoms with E-state index in [4.69, 9.17) is 20.6 Å². The average molecular weight is 595 g/mol. The fourth-order valence-corrected chi connectivity index (χ4v) is 7.70. The molecular weight excluding hydrogens is 556 g/mol. The number of methoxy groups -OCH3 is 1. The number of benzene rings is 2. The van der Waals surface area contributed by atoms with E-state index in [0.29, 0.717) is 24.0 Å². The summed E-state index contributed by atoms with van der Waals surface area (Å²) < 4.78 is 44.9. The Bertz CT molecular complexity index is 1420. The van der Waals surface area contributed by atoms with Gasteiger partial charge < -0.3 is 24.6 Å². The van der Waals surface area contributed by atoms with E-state index in [9.17, 15) is 18.3 Å². The number of allylic oxidation sites excluding steroid dienone is 1. The van der Waals surface area contributed by atoms with Gasteiger partial charge in [-0.05, 0) is 79.1 Å². The van der Waals surface area contributed by atoms with Crippen LogP contribution in [0.4, 0.5) is 0 Å². The summed E-state index contributed by atoms with van der Waals surface area (Å²) in [6, 6.07) is 13.8. The number of sulfonamides is 1. The zero-order valence-electron chi connectivity index (χ0n) is 23.8. The van der Waals surface area contributed by atoms with Crippen LogP contribution in [0.5, 0.6) is 5.75 Å². The van der Waals surface area contributed by atoms with E-state index >= 15 is 0 Å². The van der Waals surface area contributed by atoms with E-state index < -0.39 is 16.3 Å². The van der Waals surface area contributed by atoms with Gasteiger partial charge in [-0.15, -0.1) is 6.42 Å². The molecule has 1 heterocycles. The summed E-state index contributed by atoms with van der Waals surface area (Å²) in [7, 11) is -2.38. The fourth-order valence-electron chi connectivity index (χ4n) is 6.28. The first-order chi connectivity index (χ1) is 20.3. The van der Waals surface area contributed by atoms with Crippen LogP contribution in [0.25, 0.3) is 0 Å². The van der Waals surface area contributed by atoms with Gasteiger partial charge in [0.15, 0.2) is 5.76 Å². The SMILES string of the molecule is C#Cc1ccc([C@@H]2C=C(C(=O)NC3CC4CCC3C4)O[C@H](OCCN(CCO)S(=O)(=O)c3ccc(OC)cc3)C2)cc1. The summed E-state index contributed by atoms with van der Waals surface area (Å²) in [6.45, 7) is -0.442. The molecule has 2 saturated carbocycles. The second kappa shape index (κ2) is 13.3. The summed E-state index contributed by atoms with van der Waals surface area (Å²) in [5, 5.41) is 12.8. The zero-order valence-corrected chi connectivity index (χ0v) is 24.6. The van der Waals surface area contributed by atoms with Gasteiger partial charge in [-0.25, -0.2) is 8.42 Å². The zero-order chi connectivity index (χ0) is 29.7. The summed E-state index contributed by atoms with van der Waals surface area (Å²) in [5.74, 6) is 4.16. The minimum atomic E-state index is -3.89. The van der Waals surface area contributed by atoms with Crippen molar-refractivity contribution in [1.82, 2.24) is 9.62 Å². The summed E-state index contributed by atoms with van der Waals surface area (Å²) in [5.41, 5.74) is 1.74. The van der Waals surface area contributed by atoms with E-state index in [0.717, 1.165) is 24.0 Å². The Labute approximate surface area is 247 Å². The van der Waals surface area contributed by atoms with Crippen LogP contribution in [0, 0.1) is 24.2 Å². The van der Waals surface area contributed by atoms with E-state index in [1.54, 1.807) is 12.1 Å². The predicted molar refractivity (Wildman–Crippen MR) is 157 cm³/mol. The number of rotatable bonds is 12. The molecule has 5 atom stereocenters. The molecule has 9 nitrogen and oxygen atoms in total. The molecule has 1 aliphatic heterocycles. The average Bonchev–Trinajstić information content (AvgIpc) is 3.64. The van der Waals surface area contributed by atoms with Crippen LogP contribution in [-0.4, -0.2) is 69.5 Å². The Morgan fingerprint density at radius 1 is 1.10 bits per heavy atom. The topological polar surface area (TPSA) is 114 Å². The van der Waals surface area contributed by atoms with Gasteiger partial charge in [0.25, 0.3) is 5.91 Å². The van der Waals surface area contributed by atoms with Gasteiger partial charge >= 0.3 is 0 Å². The Hall–Kier alpha value is -3.36. The molecule has 1 amide bonds. The summed E-state index contributed by atoms with van der Waals surface area (Å²) >= 11 is 0. The van der Waals surface area contributed by atoms with Crippen molar-refractivity contribution in [2.75, 3.05) is 33.4 Å². The lowest BCUT2D eigenvalue weighted by molar-refractivity contribution is -0.147. The molecule has 10 heteroatoms. The maximum atomic E-state index is 13.3. The highest BCUT2D eigenvalue weighted by atomic mass is 32.2. The van der Waals surface area contributed by atoms with Crippen molar-refractivity contribution in [1.29, 1.82) is 0 Å². The fraction of sp³-hybridized carbons (Fsp3) is 0.469. The molecule has 2 aromatic carbocycles. The number of hydrogen-bond acceptors (Lipinski definition) is 7. The number of carbonyl (C=O) groups is 1. The molecule has 2 N–H and O–H groups in total. The number of carbonyl (C=O) groups excluding carboxylic acids is 1. The minimum Gasteiger partial charge on any atom is -0.497 e. The van der Waals surface area contributed by atoms with Gasteiger partial charge in [-0.2, -0.15) is 4.31 Å². The van der Waals surface area contributed by atoms with Crippen LogP contribution >= 0.6 is 0 Å². The smallest absolute Gasteiger partial charge is 0.286 e. The standard InChI is InChI=1S/C32H38N2O7S/c1-3-22-4-7-24(8-5-22)26-20-30(32(36)33-29-19-23-6-9-25(29)18-23)41-31(21-26)40-17-15-34(14-16-35)42(37,38)28-12-10-27(39-2)11-13-28/h1,4-5,7-8,10-13,20,23,25-26,29,31,35H,6,9,14-19,21H2,2H3,(H,33,36)/t23?,25?,26-,29?,31+/m1/s1. The van der Waals surface area contributed by atoms with Crippen molar-refractivity contribution in [2.24, 2.45) is 11.8 Å². The number of fused-ring (bicyclic) bond motifs is 2. The van der Waals surface area contributed by atoms with Gasteiger partial charge in [-0.3, -0.25) is 4.79 Å². The highest BCUT2D eigenvalue weighted by Crippen LogP contribution is 2.44. The number of ether oxygens (including phenoxy) is 3. The predicted octanol–water partition coefficient (Wildman–Crippen LogP) is 3.40. The molecule has 5 rings (SSSR count). The molecule has 0 spiro atoms. The van der Waals surface area contributed by atoms with Crippen molar-refractivity contribution in [2.45, 2.75) is 55.2 Å². The van der Waals surface area contributed by atoms with Crippen molar-refractivity contribution in [3.05, 3.63) is 71.5 Å². The van der Waals surface area contributed by atoms with Crippen LogP contribution in [-0.2, 0) is 24.3 Å². The van der Waals surface area contributed by atoms with Gasteiger partial charge in [-0.1, -0.05) is 24.5 Å². The van der Waals surface area contributed by atoms with Gasteiger partial charge in [0.1, 0.15) is 5.75 Å². The lowest BCUT2D eigenvalue weighted by Crippen LogP contribution is -2.41. The van der Waals surface area contributed by atoms with Crippen LogP contribution in [0.15, 0.2) is 65.3 Å². The molecule has 3 aliphatic rings. The van der Waals surface area contributed by atoms with Crippen LogP contribution in [0.3, 0.4) is 0 Å². The maximum Gasteiger partial charge on any atom is 0.286 e. The third-order valence-electron chi connectivity index (χ3n) is 8.53. The normalized spacial score (nSPS) is 25.0. The molecule has 2 bridgehead atoms. The monoisotopic (exact) mass is 594 g/mol. The number of terminal acetylenes is 1. The minimum absolute atomic E-state index is 0.00405. The third kappa shape index (κ3) is 6.81. The Balaban J connectivity index is 1.27. The van der Waals surface area contributed by atoms with Gasteiger partial charge in [0.05, 0.1) is 25.2 Å². The van der Waals surface area contributed by atoms with Crippen molar-refractivity contribution < 1.29 is 32.5 Å². The largest absolute Gasteiger partial charge is 0.497 e. The van der Waals surface area contributed by atoms with Crippen molar-refractivity contribution in [3.8, 4) is 18.1 Å². The molecular formula is C32H38N2O7S. The molecule has 0 saturated heterocycles. The van der Waals surface area contributed by atoms with Gasteiger partial charge in [0.2, 0.25) is 16.3 Å². The molecule has 3 unspecified atom stereocenters. The van der Waals surface area contributed by atoms with Crippen molar-refractivity contribution >= 4 is 15.9 Å². The number of amides is 1. The lowest BCUT2D eigenvalue weighted by Gasteiger charge is -2.31. The van der Waals surface area contributed by atoms with Crippen LogP contribution < -0.4 is 10.1 Å². The molecule has 42 heavy (non-hydrogen) atoms. The first-order valence-corrected chi connectivity index (χ1v) is 15.9. The Kier molecular flexibility index (Phi) is 9.53. The quantitative estimate of drug-likeness (QED) is 0.362. The van der Waals surface area contributed by atoms with Crippen molar-refractivity contribution in [3.63, 3.8) is 0 Å². The molecule has 2 aromatic rings. The first-order valence-electron chi connectivity index (χ1n) is 14.4. The van der Waals surface area contributed by atoms with E-state index in [-0.39, 0.29) is 54.8 Å². The van der Waals surface area contributed by atoms with E-state index in [1.165, 1.54) is 36.4 Å². The van der Waals surface area contributed by atoms with E-state index in [1.807, 2.05) is 30.3 Å². The Morgan fingerprint density at radius 2 is 1.86 bits per heavy atom. The first kappa shape index (κ1) is 30.1. The highest BCUT2D eigenvalue weighted by molar-refractivity contribution is 7.89. The highest BCUT2D eigenvalue weighted by Gasteiger charge is 2.41. The number of aliphatic hydroxyl groups excluding tert-OH is 1. The summed E-state index contributed by atoms with van der Waals surface area (Å²) in [4.78, 5) is 13.4. The Morgan fingerprint density at radius 3 is 2.48 bits per heavy atom. The van der Waals surface area contributed by atoms with Gasteiger partial charge in [0, 0.05) is 37.0 Å². The molecule has 224 valence electrons. The number of nitrogens with one attached hydrogen (secondary N) is 1. The second-order valence-electron chi connectivity index (χ2n) is 11.1. The molecule has 0 aromatic heterocycles. The molecule has 2 fully saturated rings. The second-order valence-corrected chi connectivity index (χ2v) is 13.1. The molecule has 2 aliphatic carbocycles. The van der Waals surface area contributed by atoms with Crippen LogP contribution in [0.1, 0.15) is 49.1 Å². The van der Waals surface area contributed by atoms with Crippen LogP contribution in [0.2, 0.25) is 0 Å². The third-order valence-corrected chi connectivity index (χ3v) is 10.4. The maximum absolute atomic E-state index is 13.3. The summed E-state index contributed by atoms with van der Waals surface area (Å²) in [6.07, 6.45) is 11.6. The number of aliphatic hydroxyl groups is 1. The number of nitrogens with zero attached hydrogens (tertiary/aromatic N) is 1. The number of hydrogen-bond donors (Lipinski definition) is 2. The molecule has 0 radical (unpaired) electrons. The van der Waals surface area contributed by atoms with E-state index in [2.05, 4.69) is 11.2 Å².